The van der Waals surface area contributed by atoms with Gasteiger partial charge in [-0.2, -0.15) is 13.2 Å². The molecule has 0 saturated heterocycles. The maximum absolute atomic E-state index is 12.5. The maximum atomic E-state index is 12.5. The zero-order chi connectivity index (χ0) is 15.8. The van der Waals surface area contributed by atoms with Crippen LogP contribution in [0.1, 0.15) is 21.5 Å². The number of carboxylic acid groups (broad SMARTS) is 1. The fraction of sp³-hybridized carbons (Fsp3) is 0.133. The Kier molecular flexibility index (Phi) is 3.96. The molecule has 2 nitrogen and oxygen atoms in total. The highest BCUT2D eigenvalue weighted by Crippen LogP contribution is 2.36. The first kappa shape index (κ1) is 15.4. The molecule has 2 rings (SSSR count). The predicted molar refractivity (Wildman–Crippen MR) is 73.6 cm³/mol. The van der Waals surface area contributed by atoms with Gasteiger partial charge < -0.3 is 5.11 Å². The summed E-state index contributed by atoms with van der Waals surface area (Å²) < 4.78 is 37.6. The number of hydrogen-bond donors (Lipinski definition) is 1. The van der Waals surface area contributed by atoms with Crippen LogP contribution in [-0.4, -0.2) is 11.1 Å². The van der Waals surface area contributed by atoms with Gasteiger partial charge in [-0.05, 0) is 36.2 Å². The number of rotatable bonds is 2. The highest BCUT2D eigenvalue weighted by Gasteiger charge is 2.30. The van der Waals surface area contributed by atoms with Crippen LogP contribution >= 0.6 is 11.6 Å². The van der Waals surface area contributed by atoms with E-state index in [1.54, 1.807) is 13.0 Å². The first-order valence-electron chi connectivity index (χ1n) is 5.92. The summed E-state index contributed by atoms with van der Waals surface area (Å²) in [5, 5.41) is 9.06. The van der Waals surface area contributed by atoms with Crippen LogP contribution < -0.4 is 0 Å². The standard InChI is InChI=1S/C15H10ClF3O2/c1-8-2-7-11(14(20)21)13(16)12(8)9-3-5-10(6-4-9)15(17,18)19/h2-7H,1H3,(H,20,21). The van der Waals surface area contributed by atoms with Crippen LogP contribution in [0.15, 0.2) is 36.4 Å². The number of benzene rings is 2. The molecule has 0 aliphatic rings. The van der Waals surface area contributed by atoms with Crippen LogP contribution in [-0.2, 0) is 6.18 Å². The topological polar surface area (TPSA) is 37.3 Å². The molecule has 0 bridgehead atoms. The van der Waals surface area contributed by atoms with E-state index in [0.717, 1.165) is 12.1 Å². The molecule has 0 unspecified atom stereocenters. The normalized spacial score (nSPS) is 11.5. The smallest absolute Gasteiger partial charge is 0.416 e. The predicted octanol–water partition coefficient (Wildman–Crippen LogP) is 5.03. The molecule has 0 fully saturated rings. The summed E-state index contributed by atoms with van der Waals surface area (Å²) in [5.74, 6) is -1.19. The van der Waals surface area contributed by atoms with Crippen molar-refractivity contribution in [3.63, 3.8) is 0 Å². The van der Waals surface area contributed by atoms with E-state index >= 15 is 0 Å². The molecular formula is C15H10ClF3O2. The van der Waals surface area contributed by atoms with E-state index in [0.29, 0.717) is 16.7 Å². The van der Waals surface area contributed by atoms with E-state index in [1.165, 1.54) is 18.2 Å². The summed E-state index contributed by atoms with van der Waals surface area (Å²) in [7, 11) is 0. The molecule has 1 N–H and O–H groups in total. The molecule has 0 spiro atoms. The van der Waals surface area contributed by atoms with Gasteiger partial charge in [0.2, 0.25) is 0 Å². The Hall–Kier alpha value is -2.01. The van der Waals surface area contributed by atoms with Crippen LogP contribution in [0.3, 0.4) is 0 Å². The lowest BCUT2D eigenvalue weighted by Crippen LogP contribution is -2.04. The van der Waals surface area contributed by atoms with Crippen LogP contribution in [0.25, 0.3) is 11.1 Å². The van der Waals surface area contributed by atoms with Crippen LogP contribution in [0.4, 0.5) is 13.2 Å². The van der Waals surface area contributed by atoms with Crippen LogP contribution in [0.5, 0.6) is 0 Å². The van der Waals surface area contributed by atoms with Crippen molar-refractivity contribution < 1.29 is 23.1 Å². The maximum Gasteiger partial charge on any atom is 0.416 e. The van der Waals surface area contributed by atoms with Crippen molar-refractivity contribution >= 4 is 17.6 Å². The van der Waals surface area contributed by atoms with Crippen molar-refractivity contribution in [1.82, 2.24) is 0 Å². The molecule has 0 aliphatic heterocycles. The van der Waals surface area contributed by atoms with Crippen molar-refractivity contribution in [2.75, 3.05) is 0 Å². The lowest BCUT2D eigenvalue weighted by atomic mass is 9.97. The monoisotopic (exact) mass is 314 g/mol. The van der Waals surface area contributed by atoms with Gasteiger partial charge in [-0.25, -0.2) is 4.79 Å². The van der Waals surface area contributed by atoms with Gasteiger partial charge >= 0.3 is 12.1 Å². The number of hydrogen-bond acceptors (Lipinski definition) is 1. The van der Waals surface area contributed by atoms with Crippen LogP contribution in [0, 0.1) is 6.92 Å². The average molecular weight is 315 g/mol. The number of carbonyl (C=O) groups is 1. The Bertz CT molecular complexity index is 691. The largest absolute Gasteiger partial charge is 0.478 e. The van der Waals surface area contributed by atoms with Crippen molar-refractivity contribution in [2.45, 2.75) is 13.1 Å². The first-order chi connectivity index (χ1) is 9.71. The minimum atomic E-state index is -4.42. The molecule has 0 aromatic heterocycles. The van der Waals surface area contributed by atoms with Gasteiger partial charge in [-0.3, -0.25) is 0 Å². The van der Waals surface area contributed by atoms with Crippen molar-refractivity contribution in [3.8, 4) is 11.1 Å². The summed E-state index contributed by atoms with van der Waals surface area (Å²) >= 11 is 6.07. The van der Waals surface area contributed by atoms with E-state index in [2.05, 4.69) is 0 Å². The SMILES string of the molecule is Cc1ccc(C(=O)O)c(Cl)c1-c1ccc(C(F)(F)F)cc1. The average Bonchev–Trinajstić information content (AvgIpc) is 2.38. The van der Waals surface area contributed by atoms with Gasteiger partial charge in [0.05, 0.1) is 16.1 Å². The Balaban J connectivity index is 2.57. The molecule has 6 heteroatoms. The zero-order valence-electron chi connectivity index (χ0n) is 10.8. The van der Waals surface area contributed by atoms with E-state index in [9.17, 15) is 18.0 Å². The summed E-state index contributed by atoms with van der Waals surface area (Å²) in [6.45, 7) is 1.71. The Morgan fingerprint density at radius 2 is 1.67 bits per heavy atom. The fourth-order valence-electron chi connectivity index (χ4n) is 2.02. The Morgan fingerprint density at radius 1 is 1.10 bits per heavy atom. The molecule has 0 saturated carbocycles. The number of aromatic carboxylic acids is 1. The second-order valence-corrected chi connectivity index (χ2v) is 4.88. The zero-order valence-corrected chi connectivity index (χ0v) is 11.6. The van der Waals surface area contributed by atoms with Crippen LogP contribution in [0.2, 0.25) is 5.02 Å². The van der Waals surface area contributed by atoms with Gasteiger partial charge in [0, 0.05) is 5.56 Å². The highest BCUT2D eigenvalue weighted by atomic mass is 35.5. The molecule has 110 valence electrons. The van der Waals surface area contributed by atoms with Gasteiger partial charge in [-0.1, -0.05) is 29.8 Å². The Labute approximate surface area is 123 Å². The third kappa shape index (κ3) is 3.03. The molecule has 0 aliphatic carbocycles. The minimum Gasteiger partial charge on any atom is -0.478 e. The number of carboxylic acids is 1. The molecule has 0 amide bonds. The molecule has 2 aromatic rings. The molecule has 2 aromatic carbocycles. The molecule has 0 atom stereocenters. The minimum absolute atomic E-state index is 0.0160. The summed E-state index contributed by atoms with van der Waals surface area (Å²) in [6, 6.07) is 7.39. The lowest BCUT2D eigenvalue weighted by Gasteiger charge is -2.12. The van der Waals surface area contributed by atoms with E-state index < -0.39 is 17.7 Å². The number of halogens is 4. The quantitative estimate of drug-likeness (QED) is 0.844. The van der Waals surface area contributed by atoms with Gasteiger partial charge in [0.25, 0.3) is 0 Å². The summed E-state index contributed by atoms with van der Waals surface area (Å²) in [4.78, 5) is 11.1. The third-order valence-electron chi connectivity index (χ3n) is 3.08. The molecule has 21 heavy (non-hydrogen) atoms. The number of aryl methyl sites for hydroxylation is 1. The van der Waals surface area contributed by atoms with E-state index in [1.807, 2.05) is 0 Å². The molecular weight excluding hydrogens is 305 g/mol. The second-order valence-electron chi connectivity index (χ2n) is 4.50. The Morgan fingerprint density at radius 3 is 2.14 bits per heavy atom. The van der Waals surface area contributed by atoms with Gasteiger partial charge in [0.15, 0.2) is 0 Å². The van der Waals surface area contributed by atoms with Crippen molar-refractivity contribution in [2.24, 2.45) is 0 Å². The molecule has 0 radical (unpaired) electrons. The van der Waals surface area contributed by atoms with E-state index in [-0.39, 0.29) is 10.6 Å². The van der Waals surface area contributed by atoms with Gasteiger partial charge in [0.1, 0.15) is 0 Å². The summed E-state index contributed by atoms with van der Waals surface area (Å²) in [5.41, 5.74) is 0.690. The third-order valence-corrected chi connectivity index (χ3v) is 3.47. The number of alkyl halides is 3. The first-order valence-corrected chi connectivity index (χ1v) is 6.29. The van der Waals surface area contributed by atoms with Crippen molar-refractivity contribution in [1.29, 1.82) is 0 Å². The summed E-state index contributed by atoms with van der Waals surface area (Å²) in [6.07, 6.45) is -4.42. The molecule has 0 heterocycles. The van der Waals surface area contributed by atoms with Crippen molar-refractivity contribution in [3.05, 3.63) is 58.1 Å². The second kappa shape index (κ2) is 5.41. The van der Waals surface area contributed by atoms with Gasteiger partial charge in [-0.15, -0.1) is 0 Å². The highest BCUT2D eigenvalue weighted by molar-refractivity contribution is 6.36. The lowest BCUT2D eigenvalue weighted by molar-refractivity contribution is -0.137. The fourth-order valence-corrected chi connectivity index (χ4v) is 2.42. The van der Waals surface area contributed by atoms with E-state index in [4.69, 9.17) is 16.7 Å².